The summed E-state index contributed by atoms with van der Waals surface area (Å²) in [6.07, 6.45) is 3.60. The molecule has 4 rings (SSSR count). The zero-order valence-corrected chi connectivity index (χ0v) is 15.1. The molecule has 0 bridgehead atoms. The molecule has 124 valence electrons. The molecule has 2 heterocycles. The molecule has 2 aromatic carbocycles. The van der Waals surface area contributed by atoms with Crippen LogP contribution in [0.4, 0.5) is 0 Å². The van der Waals surface area contributed by atoms with E-state index in [-0.39, 0.29) is 0 Å². The van der Waals surface area contributed by atoms with Gasteiger partial charge in [0.1, 0.15) is 5.82 Å². The molecule has 0 aliphatic heterocycles. The molecule has 0 atom stereocenters. The third-order valence-corrected chi connectivity index (χ3v) is 4.89. The second-order valence-electron chi connectivity index (χ2n) is 5.92. The van der Waals surface area contributed by atoms with E-state index < -0.39 is 0 Å². The molecular weight excluding hydrogens is 353 g/mol. The first-order chi connectivity index (χ1) is 12.1. The highest BCUT2D eigenvalue weighted by molar-refractivity contribution is 6.33. The molecular formula is C20H15Cl2N3. The minimum absolute atomic E-state index is 0.627. The minimum Gasteiger partial charge on any atom is -0.324 e. The summed E-state index contributed by atoms with van der Waals surface area (Å²) in [4.78, 5) is 8.75. The maximum Gasteiger partial charge on any atom is 0.107 e. The molecule has 0 spiro atoms. The van der Waals surface area contributed by atoms with Crippen molar-refractivity contribution >= 4 is 34.2 Å². The van der Waals surface area contributed by atoms with E-state index >= 15 is 0 Å². The Morgan fingerprint density at radius 3 is 2.52 bits per heavy atom. The number of benzene rings is 2. The van der Waals surface area contributed by atoms with E-state index in [4.69, 9.17) is 23.2 Å². The highest BCUT2D eigenvalue weighted by Crippen LogP contribution is 2.27. The van der Waals surface area contributed by atoms with Gasteiger partial charge in [0.25, 0.3) is 0 Å². The van der Waals surface area contributed by atoms with Crippen LogP contribution in [-0.4, -0.2) is 14.5 Å². The Labute approximate surface area is 155 Å². The van der Waals surface area contributed by atoms with Crippen molar-refractivity contribution in [1.82, 2.24) is 14.5 Å². The SMILES string of the molecule is Cc1nc2ccc(-c3ccncc3)cc2n1Cc1cc(Cl)ccc1Cl. The maximum absolute atomic E-state index is 6.34. The van der Waals surface area contributed by atoms with Crippen LogP contribution in [0.1, 0.15) is 11.4 Å². The average Bonchev–Trinajstić information content (AvgIpc) is 2.94. The molecule has 0 amide bonds. The van der Waals surface area contributed by atoms with Crippen LogP contribution in [0.5, 0.6) is 0 Å². The van der Waals surface area contributed by atoms with Crippen LogP contribution >= 0.6 is 23.2 Å². The number of pyridine rings is 1. The smallest absolute Gasteiger partial charge is 0.107 e. The van der Waals surface area contributed by atoms with E-state index in [2.05, 4.69) is 26.7 Å². The van der Waals surface area contributed by atoms with Gasteiger partial charge in [-0.15, -0.1) is 0 Å². The number of hydrogen-bond donors (Lipinski definition) is 0. The third kappa shape index (κ3) is 3.13. The second kappa shape index (κ2) is 6.51. The van der Waals surface area contributed by atoms with E-state index in [1.807, 2.05) is 37.3 Å². The molecule has 0 unspecified atom stereocenters. The summed E-state index contributed by atoms with van der Waals surface area (Å²) in [5, 5.41) is 1.38. The first-order valence-electron chi connectivity index (χ1n) is 7.93. The van der Waals surface area contributed by atoms with E-state index in [0.29, 0.717) is 16.6 Å². The number of hydrogen-bond acceptors (Lipinski definition) is 2. The number of halogens is 2. The fourth-order valence-corrected chi connectivity index (χ4v) is 3.37. The molecule has 5 heteroatoms. The predicted octanol–water partition coefficient (Wildman–Crippen LogP) is 5.76. The van der Waals surface area contributed by atoms with Gasteiger partial charge >= 0.3 is 0 Å². The van der Waals surface area contributed by atoms with Gasteiger partial charge in [0.15, 0.2) is 0 Å². The van der Waals surface area contributed by atoms with Gasteiger partial charge in [-0.05, 0) is 66.1 Å². The molecule has 0 aliphatic carbocycles. The van der Waals surface area contributed by atoms with Gasteiger partial charge in [-0.3, -0.25) is 4.98 Å². The van der Waals surface area contributed by atoms with Crippen LogP contribution in [0.25, 0.3) is 22.2 Å². The quantitative estimate of drug-likeness (QED) is 0.460. The minimum atomic E-state index is 0.627. The summed E-state index contributed by atoms with van der Waals surface area (Å²) in [6, 6.07) is 15.8. The Kier molecular flexibility index (Phi) is 4.20. The monoisotopic (exact) mass is 367 g/mol. The van der Waals surface area contributed by atoms with Crippen molar-refractivity contribution < 1.29 is 0 Å². The van der Waals surface area contributed by atoms with Crippen molar-refractivity contribution in [3.8, 4) is 11.1 Å². The molecule has 0 saturated carbocycles. The lowest BCUT2D eigenvalue weighted by Crippen LogP contribution is -2.02. The van der Waals surface area contributed by atoms with Gasteiger partial charge in [-0.2, -0.15) is 0 Å². The second-order valence-corrected chi connectivity index (χ2v) is 6.76. The standard InChI is InChI=1S/C20H15Cl2N3/c1-13-24-19-5-2-15(14-6-8-23-9-7-14)11-20(19)25(13)12-16-10-17(21)3-4-18(16)22/h2-11H,12H2,1H3. The molecule has 3 nitrogen and oxygen atoms in total. The van der Waals surface area contributed by atoms with Gasteiger partial charge in [0.05, 0.1) is 17.6 Å². The van der Waals surface area contributed by atoms with Gasteiger partial charge < -0.3 is 4.57 Å². The van der Waals surface area contributed by atoms with Crippen LogP contribution in [0.15, 0.2) is 60.9 Å². The zero-order chi connectivity index (χ0) is 17.4. The largest absolute Gasteiger partial charge is 0.324 e. The molecule has 0 aliphatic rings. The summed E-state index contributed by atoms with van der Waals surface area (Å²) in [5.41, 5.74) is 5.28. The van der Waals surface area contributed by atoms with E-state index in [1.54, 1.807) is 18.5 Å². The molecule has 0 N–H and O–H groups in total. The molecule has 2 aromatic heterocycles. The van der Waals surface area contributed by atoms with Crippen molar-refractivity contribution in [3.05, 3.63) is 82.4 Å². The molecule has 0 fully saturated rings. The highest BCUT2D eigenvalue weighted by Gasteiger charge is 2.11. The Balaban J connectivity index is 1.83. The number of aromatic nitrogens is 3. The normalized spacial score (nSPS) is 11.2. The van der Waals surface area contributed by atoms with Crippen LogP contribution < -0.4 is 0 Å². The molecule has 4 aromatic rings. The number of aryl methyl sites for hydroxylation is 1. The fourth-order valence-electron chi connectivity index (χ4n) is 3.00. The Bertz CT molecular complexity index is 1060. The molecule has 0 radical (unpaired) electrons. The van der Waals surface area contributed by atoms with Gasteiger partial charge in [-0.25, -0.2) is 4.98 Å². The lowest BCUT2D eigenvalue weighted by molar-refractivity contribution is 0.786. The van der Waals surface area contributed by atoms with Gasteiger partial charge in [0.2, 0.25) is 0 Å². The average molecular weight is 368 g/mol. The van der Waals surface area contributed by atoms with E-state index in [1.165, 1.54) is 0 Å². The first-order valence-corrected chi connectivity index (χ1v) is 8.68. The highest BCUT2D eigenvalue weighted by atomic mass is 35.5. The number of fused-ring (bicyclic) bond motifs is 1. The van der Waals surface area contributed by atoms with E-state index in [9.17, 15) is 0 Å². The van der Waals surface area contributed by atoms with Crippen LogP contribution in [-0.2, 0) is 6.54 Å². The summed E-state index contributed by atoms with van der Waals surface area (Å²) in [5.74, 6) is 0.943. The Morgan fingerprint density at radius 2 is 1.72 bits per heavy atom. The van der Waals surface area contributed by atoms with Crippen molar-refractivity contribution in [1.29, 1.82) is 0 Å². The summed E-state index contributed by atoms with van der Waals surface area (Å²) >= 11 is 12.5. The first kappa shape index (κ1) is 16.1. The number of nitrogens with zero attached hydrogens (tertiary/aromatic N) is 3. The summed E-state index contributed by atoms with van der Waals surface area (Å²) < 4.78 is 2.16. The zero-order valence-electron chi connectivity index (χ0n) is 13.6. The van der Waals surface area contributed by atoms with Gasteiger partial charge in [0, 0.05) is 22.4 Å². The van der Waals surface area contributed by atoms with Crippen molar-refractivity contribution in [3.63, 3.8) is 0 Å². The van der Waals surface area contributed by atoms with E-state index in [0.717, 1.165) is 33.5 Å². The van der Waals surface area contributed by atoms with Crippen LogP contribution in [0, 0.1) is 6.92 Å². The Hall–Kier alpha value is -2.36. The topological polar surface area (TPSA) is 30.7 Å². The fraction of sp³-hybridized carbons (Fsp3) is 0.100. The van der Waals surface area contributed by atoms with Crippen molar-refractivity contribution in [2.75, 3.05) is 0 Å². The number of imidazole rings is 1. The van der Waals surface area contributed by atoms with Crippen LogP contribution in [0.2, 0.25) is 10.0 Å². The number of rotatable bonds is 3. The van der Waals surface area contributed by atoms with Crippen LogP contribution in [0.3, 0.4) is 0 Å². The summed E-state index contributed by atoms with van der Waals surface area (Å²) in [6.45, 7) is 2.63. The predicted molar refractivity (Wildman–Crippen MR) is 103 cm³/mol. The lowest BCUT2D eigenvalue weighted by Gasteiger charge is -2.10. The molecule has 0 saturated heterocycles. The summed E-state index contributed by atoms with van der Waals surface area (Å²) in [7, 11) is 0. The Morgan fingerprint density at radius 1 is 0.920 bits per heavy atom. The van der Waals surface area contributed by atoms with Crippen molar-refractivity contribution in [2.24, 2.45) is 0 Å². The lowest BCUT2D eigenvalue weighted by atomic mass is 10.1. The van der Waals surface area contributed by atoms with Crippen molar-refractivity contribution in [2.45, 2.75) is 13.5 Å². The van der Waals surface area contributed by atoms with Gasteiger partial charge in [-0.1, -0.05) is 29.3 Å². The maximum atomic E-state index is 6.34. The third-order valence-electron chi connectivity index (χ3n) is 4.29. The molecule has 25 heavy (non-hydrogen) atoms.